The number of thiazole rings is 1. The van der Waals surface area contributed by atoms with Crippen molar-refractivity contribution in [3.63, 3.8) is 0 Å². The number of aromatic nitrogens is 3. The molecule has 0 spiro atoms. The van der Waals surface area contributed by atoms with Crippen LogP contribution in [0.3, 0.4) is 0 Å². The van der Waals surface area contributed by atoms with Crippen molar-refractivity contribution in [3.05, 3.63) is 47.2 Å². The first-order chi connectivity index (χ1) is 36.2. The molecule has 0 saturated carbocycles. The summed E-state index contributed by atoms with van der Waals surface area (Å²) in [6.07, 6.45) is 0.250. The first kappa shape index (κ1) is 61.6. The molecule has 436 valence electrons. The summed E-state index contributed by atoms with van der Waals surface area (Å²) >= 11 is 0.878. The van der Waals surface area contributed by atoms with E-state index in [0.717, 1.165) is 28.0 Å². The number of rotatable bonds is 17. The lowest BCUT2D eigenvalue weighted by Crippen LogP contribution is -2.76. The summed E-state index contributed by atoms with van der Waals surface area (Å²) in [5.74, 6) is -2.64. The first-order valence-corrected chi connectivity index (χ1v) is 27.7. The van der Waals surface area contributed by atoms with E-state index in [1.54, 1.807) is 94.1 Å². The van der Waals surface area contributed by atoms with E-state index in [0.29, 0.717) is 36.9 Å². The Morgan fingerprint density at radius 2 is 1.54 bits per heavy atom. The Kier molecular flexibility index (Phi) is 17.8. The first-order valence-electron chi connectivity index (χ1n) is 25.5. The van der Waals surface area contributed by atoms with Gasteiger partial charge in [-0.2, -0.15) is 14.0 Å². The number of carbonyl (C=O) groups is 6. The van der Waals surface area contributed by atoms with Crippen LogP contribution in [0.25, 0.3) is 11.1 Å². The fourth-order valence-electron chi connectivity index (χ4n) is 8.34. The molecule has 1 aromatic carbocycles. The molecule has 28 heteroatoms. The topological polar surface area (TPSA) is 321 Å². The van der Waals surface area contributed by atoms with Crippen LogP contribution < -0.4 is 25.4 Å². The molecule has 3 aliphatic rings. The van der Waals surface area contributed by atoms with Crippen molar-refractivity contribution in [1.82, 2.24) is 30.3 Å². The van der Waals surface area contributed by atoms with E-state index in [4.69, 9.17) is 28.5 Å². The van der Waals surface area contributed by atoms with Gasteiger partial charge in [-0.3, -0.25) is 14.9 Å². The Bertz CT molecular complexity index is 2920. The molecular formula is C51H73N9O17S2. The van der Waals surface area contributed by atoms with Crippen molar-refractivity contribution in [1.29, 1.82) is 0 Å². The lowest BCUT2D eigenvalue weighted by Gasteiger charge is -2.51. The summed E-state index contributed by atoms with van der Waals surface area (Å²) in [7, 11) is -5.38. The van der Waals surface area contributed by atoms with Crippen molar-refractivity contribution in [3.8, 4) is 16.9 Å². The number of anilines is 1. The summed E-state index contributed by atoms with van der Waals surface area (Å²) in [5, 5.41) is 24.5. The third kappa shape index (κ3) is 16.5. The van der Waals surface area contributed by atoms with Gasteiger partial charge in [0.25, 0.3) is 17.4 Å². The number of hydroxylamine groups is 2. The zero-order chi connectivity index (χ0) is 59.0. The number of aliphatic hydroxyl groups is 1. The normalized spacial score (nSPS) is 19.1. The lowest BCUT2D eigenvalue weighted by molar-refractivity contribution is -0.782. The van der Waals surface area contributed by atoms with Crippen LogP contribution >= 0.6 is 11.3 Å². The average Bonchev–Trinajstić information content (AvgIpc) is 3.90. The quantitative estimate of drug-likeness (QED) is 0.0208. The molecule has 0 aliphatic carbocycles. The van der Waals surface area contributed by atoms with Gasteiger partial charge in [0, 0.05) is 25.0 Å². The smallest absolute Gasteiger partial charge is 0.413 e. The van der Waals surface area contributed by atoms with Crippen molar-refractivity contribution >= 4 is 68.6 Å². The highest BCUT2D eigenvalue weighted by molar-refractivity contribution is 7.80. The molecule has 5 heterocycles. The number of esters is 1. The molecule has 3 aromatic rings. The van der Waals surface area contributed by atoms with E-state index < -0.39 is 104 Å². The van der Waals surface area contributed by atoms with Crippen LogP contribution in [0.15, 0.2) is 41.1 Å². The minimum Gasteiger partial charge on any atom is -0.724 e. The predicted molar refractivity (Wildman–Crippen MR) is 282 cm³/mol. The highest BCUT2D eigenvalue weighted by atomic mass is 32.3. The minimum absolute atomic E-state index is 0.0342. The molecule has 4 N–H and O–H groups in total. The molecule has 0 radical (unpaired) electrons. The maximum absolute atomic E-state index is 14.4. The van der Waals surface area contributed by atoms with Gasteiger partial charge >= 0.3 is 24.2 Å². The van der Waals surface area contributed by atoms with Crippen LogP contribution in [0.5, 0.6) is 5.75 Å². The number of ether oxygens (including phenoxy) is 5. The number of fused-ring (bicyclic) bond motifs is 1. The average molecular weight is 1150 g/mol. The van der Waals surface area contributed by atoms with E-state index >= 15 is 0 Å². The van der Waals surface area contributed by atoms with Gasteiger partial charge in [-0.05, 0) is 140 Å². The number of alkyl carbamates (subject to hydrolysis) is 1. The molecule has 79 heavy (non-hydrogen) atoms. The summed E-state index contributed by atoms with van der Waals surface area (Å²) in [6, 6.07) is 4.02. The fourth-order valence-corrected chi connectivity index (χ4v) is 9.47. The van der Waals surface area contributed by atoms with Gasteiger partial charge in [0.2, 0.25) is 16.6 Å². The third-order valence-electron chi connectivity index (χ3n) is 12.0. The number of hydrogen-bond acceptors (Lipinski definition) is 20. The van der Waals surface area contributed by atoms with Gasteiger partial charge in [-0.25, -0.2) is 32.6 Å². The molecule has 0 bridgehead atoms. The molecule has 26 nitrogen and oxygen atoms in total. The molecule has 2 aromatic heterocycles. The molecule has 6 rings (SSSR count). The summed E-state index contributed by atoms with van der Waals surface area (Å²) in [4.78, 5) is 91.6. The molecule has 2 saturated heterocycles. The Morgan fingerprint density at radius 1 is 0.924 bits per heavy atom. The number of aliphatic hydroxyl groups excluding tert-OH is 1. The number of amides is 5. The number of benzene rings is 1. The maximum atomic E-state index is 14.4. The molecule has 5 amide bonds. The Balaban J connectivity index is 1.28. The Morgan fingerprint density at radius 3 is 2.14 bits per heavy atom. The molecular weight excluding hydrogens is 1070 g/mol. The lowest BCUT2D eigenvalue weighted by atomic mass is 9.84. The zero-order valence-electron chi connectivity index (χ0n) is 47.2. The molecule has 4 atom stereocenters. The second-order valence-corrected chi connectivity index (χ2v) is 26.0. The van der Waals surface area contributed by atoms with Crippen molar-refractivity contribution in [2.24, 2.45) is 11.1 Å². The largest absolute Gasteiger partial charge is 0.724 e. The number of β-lactam (4-membered cyclic amide) rings is 1. The summed E-state index contributed by atoms with van der Waals surface area (Å²) in [6.45, 7) is 26.0. The number of aryl methyl sites for hydroxylation is 1. The molecule has 2 fully saturated rings. The zero-order valence-corrected chi connectivity index (χ0v) is 48.8. The van der Waals surface area contributed by atoms with Gasteiger partial charge < -0.3 is 53.7 Å². The van der Waals surface area contributed by atoms with Crippen molar-refractivity contribution in [2.45, 2.75) is 182 Å². The van der Waals surface area contributed by atoms with E-state index in [9.17, 15) is 46.8 Å². The Labute approximate surface area is 463 Å². The number of nitrogens with one attached hydrogen (secondary N) is 3. The summed E-state index contributed by atoms with van der Waals surface area (Å²) < 4.78 is 71.0. The monoisotopic (exact) mass is 1150 g/mol. The van der Waals surface area contributed by atoms with Crippen LogP contribution in [0.1, 0.15) is 122 Å². The summed E-state index contributed by atoms with van der Waals surface area (Å²) in [5.41, 5.74) is -5.44. The second-order valence-electron chi connectivity index (χ2n) is 24.2. The predicted octanol–water partition coefficient (Wildman–Crippen LogP) is 4.71. The Hall–Kier alpha value is -6.62. The number of oxime groups is 1. The number of likely N-dealkylation sites (tertiary alicyclic amines) is 1. The van der Waals surface area contributed by atoms with Gasteiger partial charge in [-0.1, -0.05) is 11.2 Å². The van der Waals surface area contributed by atoms with Crippen LogP contribution in [0, 0.1) is 5.92 Å². The number of carbonyl (C=O) groups excluding carboxylic acids is 6. The minimum atomic E-state index is -5.38. The van der Waals surface area contributed by atoms with Gasteiger partial charge in [0.05, 0.1) is 29.3 Å². The fraction of sp³-hybridized carbons (Fsp3) is 0.627. The number of nitrogens with zero attached hydrogens (tertiary/aromatic N) is 6. The third-order valence-corrected chi connectivity index (χ3v) is 13.1. The molecule has 0 unspecified atom stereocenters. The van der Waals surface area contributed by atoms with Gasteiger partial charge in [-0.15, -0.1) is 16.0 Å². The maximum Gasteiger partial charge on any atom is 0.413 e. The van der Waals surface area contributed by atoms with Crippen molar-refractivity contribution < 1.29 is 84.3 Å². The van der Waals surface area contributed by atoms with Crippen LogP contribution in [0.4, 0.5) is 19.5 Å². The standard InChI is InChI=1S/C51H73N9O17S2/c1-46(2,3)72-41(64)51(15,76-56-37(34-28-78-42(53-34)55-44(66)74-48(7,8)9)39(62)54-38-40(63)60(50(38,13)14)77-79(68,69)70)36-19-17-31-20-30(16-18-35(31)71-36)32-25-58(24-29-22-57(23-29)45(67)75-49(10,11)12)59(26-32)27-33(61)21-52-43(65)73-47(4,5)6/h16,18,20,25-26,28-29,33,36,38,61H,17,19,21-24,27H2,1-15H3,(H3-,52,53,54,55,62,65,66,68,69,70)/b56-37-/t33-,36+,38+,51-/m0/s1. The van der Waals surface area contributed by atoms with E-state index in [1.165, 1.54) is 26.2 Å². The van der Waals surface area contributed by atoms with Crippen LogP contribution in [0.2, 0.25) is 0 Å². The van der Waals surface area contributed by atoms with Crippen molar-refractivity contribution in [2.75, 3.05) is 25.0 Å². The highest BCUT2D eigenvalue weighted by Crippen LogP contribution is 2.38. The van der Waals surface area contributed by atoms with E-state index in [2.05, 4.69) is 30.4 Å². The van der Waals surface area contributed by atoms with Crippen LogP contribution in [-0.4, -0.2) is 151 Å². The highest BCUT2D eigenvalue weighted by Gasteiger charge is 2.58. The second kappa shape index (κ2) is 22.9. The van der Waals surface area contributed by atoms with Gasteiger partial charge in [0.1, 0.15) is 46.4 Å². The van der Waals surface area contributed by atoms with E-state index in [1.807, 2.05) is 33.9 Å². The number of hydrogen-bond donors (Lipinski definition) is 4. The van der Waals surface area contributed by atoms with E-state index in [-0.39, 0.29) is 36.3 Å². The van der Waals surface area contributed by atoms with Gasteiger partial charge in [0.15, 0.2) is 23.5 Å². The SMILES string of the molecule is CC(C)(C)OC(=O)NC[C@H](O)Cn1cc(-c2ccc3c(c2)CC[C@H]([C@](C)(O/N=C(\C(=O)N[C@@H]2C(=O)N(OS(=O)(=O)[O-])C2(C)C)c2csc(NC(=O)OC(C)(C)C)n2)C(=O)OC(C)(C)C)O3)c[n+]1CC1CN(C(=O)OC(C)(C)C)C1. The molecule has 3 aliphatic heterocycles. The van der Waals surface area contributed by atoms with Crippen LogP contribution in [-0.2, 0) is 72.4 Å².